The minimum absolute atomic E-state index is 0.0216. The summed E-state index contributed by atoms with van der Waals surface area (Å²) in [6.07, 6.45) is 0. The molecule has 0 saturated carbocycles. The van der Waals surface area contributed by atoms with Crippen molar-refractivity contribution in [3.05, 3.63) is 0 Å². The van der Waals surface area contributed by atoms with Crippen molar-refractivity contribution < 1.29 is 4.74 Å². The van der Waals surface area contributed by atoms with Gasteiger partial charge in [0, 0.05) is 5.33 Å². The Morgan fingerprint density at radius 3 is 2.50 bits per heavy atom. The van der Waals surface area contributed by atoms with E-state index in [1.54, 1.807) is 0 Å². The van der Waals surface area contributed by atoms with Gasteiger partial charge in [0.25, 0.3) is 0 Å². The molecule has 70 valence electrons. The first kappa shape index (κ1) is 10.0. The predicted octanol–water partition coefficient (Wildman–Crippen LogP) is 2.61. The van der Waals surface area contributed by atoms with Crippen LogP contribution in [-0.2, 0) is 4.74 Å². The van der Waals surface area contributed by atoms with Gasteiger partial charge in [-0.2, -0.15) is 0 Å². The first-order chi connectivity index (χ1) is 5.37. The molecular weight excluding hydrogens is 218 g/mol. The highest BCUT2D eigenvalue weighted by Crippen LogP contribution is 2.28. The molecule has 0 saturated heterocycles. The smallest absolute Gasteiger partial charge is 0.190 e. The SMILES string of the molecule is CC1(C)COC(C(C)(C)CBr)=N1. The van der Waals surface area contributed by atoms with Crippen LogP contribution in [0.1, 0.15) is 27.7 Å². The van der Waals surface area contributed by atoms with E-state index in [2.05, 4.69) is 48.6 Å². The largest absolute Gasteiger partial charge is 0.478 e. The number of halogens is 1. The molecule has 0 fully saturated rings. The van der Waals surface area contributed by atoms with E-state index >= 15 is 0 Å². The van der Waals surface area contributed by atoms with Gasteiger partial charge in [-0.1, -0.05) is 29.8 Å². The monoisotopic (exact) mass is 233 g/mol. The molecule has 0 unspecified atom stereocenters. The van der Waals surface area contributed by atoms with E-state index in [9.17, 15) is 0 Å². The Labute approximate surface area is 82.5 Å². The van der Waals surface area contributed by atoms with Crippen molar-refractivity contribution in [3.8, 4) is 0 Å². The molecule has 1 heterocycles. The highest BCUT2D eigenvalue weighted by Gasteiger charge is 2.34. The topological polar surface area (TPSA) is 21.6 Å². The van der Waals surface area contributed by atoms with Crippen LogP contribution in [0.2, 0.25) is 0 Å². The van der Waals surface area contributed by atoms with E-state index in [0.29, 0.717) is 6.61 Å². The van der Waals surface area contributed by atoms with Gasteiger partial charge in [-0.05, 0) is 13.8 Å². The van der Waals surface area contributed by atoms with Crippen molar-refractivity contribution in [2.45, 2.75) is 33.2 Å². The molecule has 3 heteroatoms. The molecule has 1 aliphatic rings. The summed E-state index contributed by atoms with van der Waals surface area (Å²) in [6.45, 7) is 9.14. The van der Waals surface area contributed by atoms with Gasteiger partial charge in [-0.15, -0.1) is 0 Å². The van der Waals surface area contributed by atoms with Crippen LogP contribution in [0.15, 0.2) is 4.99 Å². The van der Waals surface area contributed by atoms with E-state index in [-0.39, 0.29) is 11.0 Å². The number of rotatable bonds is 2. The fourth-order valence-corrected chi connectivity index (χ4v) is 1.23. The van der Waals surface area contributed by atoms with Gasteiger partial charge >= 0.3 is 0 Å². The maximum atomic E-state index is 5.54. The second-order valence-electron chi connectivity index (χ2n) is 4.54. The average Bonchev–Trinajstić information content (AvgIpc) is 2.31. The van der Waals surface area contributed by atoms with Gasteiger partial charge in [0.1, 0.15) is 6.61 Å². The Morgan fingerprint density at radius 2 is 2.17 bits per heavy atom. The fraction of sp³-hybridized carbons (Fsp3) is 0.889. The summed E-state index contributed by atoms with van der Waals surface area (Å²) in [4.78, 5) is 4.53. The quantitative estimate of drug-likeness (QED) is 0.673. The lowest BCUT2D eigenvalue weighted by Gasteiger charge is -2.20. The lowest BCUT2D eigenvalue weighted by molar-refractivity contribution is 0.256. The van der Waals surface area contributed by atoms with Gasteiger partial charge < -0.3 is 4.74 Å². The number of aliphatic imine (C=N–C) groups is 1. The number of alkyl halides is 1. The zero-order valence-corrected chi connectivity index (χ0v) is 9.73. The van der Waals surface area contributed by atoms with E-state index in [1.807, 2.05) is 0 Å². The van der Waals surface area contributed by atoms with Crippen LogP contribution in [0.5, 0.6) is 0 Å². The van der Waals surface area contributed by atoms with Gasteiger partial charge in [0.05, 0.1) is 11.0 Å². The van der Waals surface area contributed by atoms with Crippen molar-refractivity contribution in [2.24, 2.45) is 10.4 Å². The summed E-state index contributed by atoms with van der Waals surface area (Å²) in [6, 6.07) is 0. The maximum Gasteiger partial charge on any atom is 0.190 e. The highest BCUT2D eigenvalue weighted by molar-refractivity contribution is 9.09. The number of nitrogens with zero attached hydrogens (tertiary/aromatic N) is 1. The van der Waals surface area contributed by atoms with Crippen LogP contribution in [0.25, 0.3) is 0 Å². The lowest BCUT2D eigenvalue weighted by Crippen LogP contribution is -2.25. The molecule has 0 N–H and O–H groups in total. The number of hydrogen-bond donors (Lipinski definition) is 0. The first-order valence-corrected chi connectivity index (χ1v) is 5.29. The molecule has 0 atom stereocenters. The van der Waals surface area contributed by atoms with Crippen molar-refractivity contribution in [1.82, 2.24) is 0 Å². The van der Waals surface area contributed by atoms with Crippen molar-refractivity contribution >= 4 is 21.8 Å². The van der Waals surface area contributed by atoms with Gasteiger partial charge in [-0.25, -0.2) is 4.99 Å². The second-order valence-corrected chi connectivity index (χ2v) is 5.10. The minimum atomic E-state index is -0.0330. The molecule has 0 radical (unpaired) electrons. The van der Waals surface area contributed by atoms with E-state index in [0.717, 1.165) is 11.2 Å². The zero-order valence-electron chi connectivity index (χ0n) is 8.15. The van der Waals surface area contributed by atoms with Crippen molar-refractivity contribution in [3.63, 3.8) is 0 Å². The fourth-order valence-electron chi connectivity index (χ4n) is 0.988. The summed E-state index contributed by atoms with van der Waals surface area (Å²) >= 11 is 3.46. The summed E-state index contributed by atoms with van der Waals surface area (Å²) in [5, 5.41) is 0.884. The molecule has 2 nitrogen and oxygen atoms in total. The maximum absolute atomic E-state index is 5.54. The third-order valence-corrected chi connectivity index (χ3v) is 3.28. The Balaban J connectivity index is 2.79. The molecule has 1 aliphatic heterocycles. The van der Waals surface area contributed by atoms with Crippen LogP contribution in [0, 0.1) is 5.41 Å². The second kappa shape index (κ2) is 3.02. The molecule has 0 aromatic heterocycles. The molecule has 0 bridgehead atoms. The summed E-state index contributed by atoms with van der Waals surface area (Å²) in [7, 11) is 0. The molecule has 0 aromatic rings. The molecule has 12 heavy (non-hydrogen) atoms. The molecule has 1 rings (SSSR count). The lowest BCUT2D eigenvalue weighted by atomic mass is 9.96. The Kier molecular flexibility index (Phi) is 2.52. The zero-order chi connectivity index (χ0) is 9.41. The van der Waals surface area contributed by atoms with Crippen LogP contribution >= 0.6 is 15.9 Å². The van der Waals surface area contributed by atoms with Gasteiger partial charge in [0.2, 0.25) is 0 Å². The van der Waals surface area contributed by atoms with Crippen LogP contribution in [0.4, 0.5) is 0 Å². The minimum Gasteiger partial charge on any atom is -0.478 e. The summed E-state index contributed by atoms with van der Waals surface area (Å²) < 4.78 is 5.54. The highest BCUT2D eigenvalue weighted by atomic mass is 79.9. The van der Waals surface area contributed by atoms with E-state index in [1.165, 1.54) is 0 Å². The molecule has 0 spiro atoms. The summed E-state index contributed by atoms with van der Waals surface area (Å²) in [5.74, 6) is 0.879. The van der Waals surface area contributed by atoms with Crippen LogP contribution in [0.3, 0.4) is 0 Å². The van der Waals surface area contributed by atoms with E-state index in [4.69, 9.17) is 4.74 Å². The predicted molar refractivity (Wildman–Crippen MR) is 55.0 cm³/mol. The van der Waals surface area contributed by atoms with E-state index < -0.39 is 0 Å². The van der Waals surface area contributed by atoms with Crippen LogP contribution in [-0.4, -0.2) is 23.4 Å². The molecular formula is C9H16BrNO. The molecule has 0 amide bonds. The van der Waals surface area contributed by atoms with Gasteiger partial charge in [-0.3, -0.25) is 0 Å². The molecule has 0 aliphatic carbocycles. The average molecular weight is 234 g/mol. The van der Waals surface area contributed by atoms with Crippen LogP contribution < -0.4 is 0 Å². The number of ether oxygens (including phenoxy) is 1. The Bertz CT molecular complexity index is 209. The Morgan fingerprint density at radius 1 is 1.58 bits per heavy atom. The molecule has 0 aromatic carbocycles. The first-order valence-electron chi connectivity index (χ1n) is 4.16. The van der Waals surface area contributed by atoms with Crippen molar-refractivity contribution in [1.29, 1.82) is 0 Å². The Hall–Kier alpha value is -0.0500. The summed E-state index contributed by atoms with van der Waals surface area (Å²) in [5.41, 5.74) is -0.0114. The third-order valence-electron chi connectivity index (χ3n) is 1.88. The standard InChI is InChI=1S/C9H16BrNO/c1-8(2,5-10)7-11-9(3,4)6-12-7/h5-6H2,1-4H3. The number of hydrogen-bond acceptors (Lipinski definition) is 2. The van der Waals surface area contributed by atoms with Crippen molar-refractivity contribution in [2.75, 3.05) is 11.9 Å². The van der Waals surface area contributed by atoms with Gasteiger partial charge in [0.15, 0.2) is 5.90 Å². The normalized spacial score (nSPS) is 21.9. The third kappa shape index (κ3) is 2.00.